The van der Waals surface area contributed by atoms with Crippen molar-refractivity contribution in [2.45, 2.75) is 4.90 Å². The van der Waals surface area contributed by atoms with Crippen LogP contribution in [0.25, 0.3) is 6.08 Å². The Labute approximate surface area is 156 Å². The molecule has 1 N–H and O–H groups in total. The zero-order valence-corrected chi connectivity index (χ0v) is 15.7. The molecule has 128 valence electrons. The molecule has 0 unspecified atom stereocenters. The van der Waals surface area contributed by atoms with E-state index < -0.39 is 21.3 Å². The van der Waals surface area contributed by atoms with Crippen LogP contribution < -0.4 is 9.50 Å². The van der Waals surface area contributed by atoms with Gasteiger partial charge in [0.1, 0.15) is 10.6 Å². The summed E-state index contributed by atoms with van der Waals surface area (Å²) in [7, 11) is -4.03. The first-order valence-electron chi connectivity index (χ1n) is 6.89. The number of benzene rings is 2. The Morgan fingerprint density at radius 3 is 2.44 bits per heavy atom. The van der Waals surface area contributed by atoms with E-state index in [0.29, 0.717) is 10.0 Å². The second kappa shape index (κ2) is 7.03. The maximum Gasteiger partial charge on any atom is 0.339 e. The van der Waals surface area contributed by atoms with Gasteiger partial charge in [0.2, 0.25) is 0 Å². The van der Waals surface area contributed by atoms with E-state index in [9.17, 15) is 18.0 Å². The van der Waals surface area contributed by atoms with Gasteiger partial charge in [0.25, 0.3) is 11.1 Å². The van der Waals surface area contributed by atoms with Gasteiger partial charge in [0.15, 0.2) is 0 Å². The molecule has 0 radical (unpaired) electrons. The van der Waals surface area contributed by atoms with Gasteiger partial charge >= 0.3 is 10.1 Å². The molecule has 25 heavy (non-hydrogen) atoms. The quantitative estimate of drug-likeness (QED) is 0.578. The number of carbonyl (C=O) groups is 2. The molecule has 1 aliphatic rings. The summed E-state index contributed by atoms with van der Waals surface area (Å²) in [4.78, 5) is 23.1. The Kier molecular flexibility index (Phi) is 4.98. The lowest BCUT2D eigenvalue weighted by Gasteiger charge is -2.10. The smallest absolute Gasteiger partial charge is 0.339 e. The van der Waals surface area contributed by atoms with E-state index >= 15 is 0 Å². The summed E-state index contributed by atoms with van der Waals surface area (Å²) in [5.74, 6) is -0.487. The summed E-state index contributed by atoms with van der Waals surface area (Å²) in [5.41, 5.74) is 0.348. The molecule has 3 rings (SSSR count). The summed E-state index contributed by atoms with van der Waals surface area (Å²) in [6.07, 6.45) is 1.41. The average molecular weight is 440 g/mol. The van der Waals surface area contributed by atoms with Crippen molar-refractivity contribution < 1.29 is 22.2 Å². The predicted molar refractivity (Wildman–Crippen MR) is 97.5 cm³/mol. The van der Waals surface area contributed by atoms with Gasteiger partial charge in [-0.05, 0) is 48.2 Å². The molecular weight excluding hydrogens is 430 g/mol. The number of amides is 2. The van der Waals surface area contributed by atoms with Gasteiger partial charge in [-0.1, -0.05) is 34.1 Å². The van der Waals surface area contributed by atoms with E-state index in [1.807, 2.05) is 0 Å². The van der Waals surface area contributed by atoms with Gasteiger partial charge in [-0.15, -0.1) is 0 Å². The molecule has 1 heterocycles. The fraction of sp³-hybridized carbons (Fsp3) is 0. The first-order valence-corrected chi connectivity index (χ1v) is 9.91. The maximum atomic E-state index is 12.4. The van der Waals surface area contributed by atoms with Gasteiger partial charge in [0.05, 0.1) is 4.91 Å². The SMILES string of the molecule is O=C1NC(=O)/C(=C/c2cc(Br)ccc2OS(=O)(=O)c2ccccc2)S1. The Bertz CT molecular complexity index is 987. The summed E-state index contributed by atoms with van der Waals surface area (Å²) in [5, 5.41) is 1.66. The van der Waals surface area contributed by atoms with Crippen molar-refractivity contribution in [1.82, 2.24) is 5.32 Å². The number of imide groups is 1. The lowest BCUT2D eigenvalue weighted by Crippen LogP contribution is -2.17. The van der Waals surface area contributed by atoms with Gasteiger partial charge in [-0.2, -0.15) is 8.42 Å². The number of hydrogen-bond donors (Lipinski definition) is 1. The Hall–Kier alpha value is -2.10. The number of halogens is 1. The average Bonchev–Trinajstić information content (AvgIpc) is 2.88. The number of nitrogens with one attached hydrogen (secondary N) is 1. The highest BCUT2D eigenvalue weighted by atomic mass is 79.9. The second-order valence-corrected chi connectivity index (χ2v) is 8.36. The van der Waals surface area contributed by atoms with Crippen LogP contribution in [0.1, 0.15) is 5.56 Å². The van der Waals surface area contributed by atoms with Crippen LogP contribution in [0.3, 0.4) is 0 Å². The van der Waals surface area contributed by atoms with E-state index in [1.54, 1.807) is 30.3 Å². The summed E-state index contributed by atoms with van der Waals surface area (Å²) in [6, 6.07) is 12.4. The molecule has 0 atom stereocenters. The standard InChI is InChI=1S/C16H10BrNO5S2/c17-11-6-7-13(23-25(21,22)12-4-2-1-3-5-12)10(8-11)9-14-15(19)18-16(20)24-14/h1-9H,(H,18,19,20)/b14-9-. The molecule has 6 nitrogen and oxygen atoms in total. The largest absolute Gasteiger partial charge is 0.378 e. The van der Waals surface area contributed by atoms with Crippen LogP contribution in [0.2, 0.25) is 0 Å². The third-order valence-electron chi connectivity index (χ3n) is 3.13. The molecule has 1 saturated heterocycles. The van der Waals surface area contributed by atoms with Gasteiger partial charge in [-0.3, -0.25) is 14.9 Å². The third kappa shape index (κ3) is 4.12. The van der Waals surface area contributed by atoms with Crippen LogP contribution in [0, 0.1) is 0 Å². The zero-order chi connectivity index (χ0) is 18.0. The number of hydrogen-bond acceptors (Lipinski definition) is 6. The minimum Gasteiger partial charge on any atom is -0.378 e. The Morgan fingerprint density at radius 2 is 1.80 bits per heavy atom. The van der Waals surface area contributed by atoms with Crippen LogP contribution >= 0.6 is 27.7 Å². The first-order chi connectivity index (χ1) is 11.8. The monoisotopic (exact) mass is 439 g/mol. The van der Waals surface area contributed by atoms with Crippen LogP contribution in [-0.4, -0.2) is 19.6 Å². The van der Waals surface area contributed by atoms with Crippen molar-refractivity contribution in [2.75, 3.05) is 0 Å². The first kappa shape index (κ1) is 17.7. The van der Waals surface area contributed by atoms with Crippen LogP contribution in [0.4, 0.5) is 4.79 Å². The molecule has 2 amide bonds. The highest BCUT2D eigenvalue weighted by Crippen LogP contribution is 2.32. The minimum absolute atomic E-state index is 0.0136. The van der Waals surface area contributed by atoms with Crippen molar-refractivity contribution in [3.63, 3.8) is 0 Å². The molecule has 0 saturated carbocycles. The number of rotatable bonds is 4. The molecule has 0 spiro atoms. The number of carbonyl (C=O) groups excluding carboxylic acids is 2. The topological polar surface area (TPSA) is 89.5 Å². The van der Waals surface area contributed by atoms with Gasteiger partial charge in [0, 0.05) is 10.0 Å². The normalized spacial score (nSPS) is 16.1. The van der Waals surface area contributed by atoms with Crippen molar-refractivity contribution in [2.24, 2.45) is 0 Å². The summed E-state index contributed by atoms with van der Waals surface area (Å²) >= 11 is 4.03. The van der Waals surface area contributed by atoms with E-state index in [4.69, 9.17) is 4.18 Å². The van der Waals surface area contributed by atoms with E-state index in [1.165, 1.54) is 24.3 Å². The van der Waals surface area contributed by atoms with E-state index in [-0.39, 0.29) is 15.6 Å². The van der Waals surface area contributed by atoms with Crippen molar-refractivity contribution >= 4 is 55.0 Å². The molecule has 2 aromatic rings. The molecule has 0 bridgehead atoms. The van der Waals surface area contributed by atoms with Gasteiger partial charge < -0.3 is 4.18 Å². The summed E-state index contributed by atoms with van der Waals surface area (Å²) < 4.78 is 30.7. The molecule has 2 aromatic carbocycles. The lowest BCUT2D eigenvalue weighted by atomic mass is 10.2. The fourth-order valence-corrected chi connectivity index (χ4v) is 4.05. The number of thioether (sulfide) groups is 1. The molecular formula is C16H10BrNO5S2. The van der Waals surface area contributed by atoms with Crippen LogP contribution in [0.15, 0.2) is 62.8 Å². The molecule has 9 heteroatoms. The highest BCUT2D eigenvalue weighted by molar-refractivity contribution is 9.10. The van der Waals surface area contributed by atoms with E-state index in [0.717, 1.165) is 11.8 Å². The predicted octanol–water partition coefficient (Wildman–Crippen LogP) is 3.54. The molecule has 1 aliphatic heterocycles. The Morgan fingerprint density at radius 1 is 1.08 bits per heavy atom. The van der Waals surface area contributed by atoms with Crippen LogP contribution in [-0.2, 0) is 14.9 Å². The molecule has 0 aromatic heterocycles. The van der Waals surface area contributed by atoms with Crippen LogP contribution in [0.5, 0.6) is 5.75 Å². The lowest BCUT2D eigenvalue weighted by molar-refractivity contribution is -0.115. The van der Waals surface area contributed by atoms with Gasteiger partial charge in [-0.25, -0.2) is 0 Å². The minimum atomic E-state index is -4.03. The molecule has 1 fully saturated rings. The third-order valence-corrected chi connectivity index (χ3v) is 5.68. The van der Waals surface area contributed by atoms with E-state index in [2.05, 4.69) is 21.2 Å². The maximum absolute atomic E-state index is 12.4. The molecule has 0 aliphatic carbocycles. The van der Waals surface area contributed by atoms with Crippen molar-refractivity contribution in [3.05, 3.63) is 63.5 Å². The summed E-state index contributed by atoms with van der Waals surface area (Å²) in [6.45, 7) is 0. The van der Waals surface area contributed by atoms with Crippen molar-refractivity contribution in [1.29, 1.82) is 0 Å². The second-order valence-electron chi connectivity index (χ2n) is 4.88. The Balaban J connectivity index is 1.99. The zero-order valence-electron chi connectivity index (χ0n) is 12.4. The highest BCUT2D eigenvalue weighted by Gasteiger charge is 2.26. The fourth-order valence-electron chi connectivity index (χ4n) is 2.02. The van der Waals surface area contributed by atoms with Crippen molar-refractivity contribution in [3.8, 4) is 5.75 Å².